The maximum Gasteiger partial charge on any atom is 0.314 e. The molecular formula is C18H28FN3O. The molecule has 2 amide bonds. The van der Waals surface area contributed by atoms with E-state index in [4.69, 9.17) is 0 Å². The molecule has 2 rings (SSSR count). The van der Waals surface area contributed by atoms with Gasteiger partial charge in [0.2, 0.25) is 0 Å². The Labute approximate surface area is 138 Å². The van der Waals surface area contributed by atoms with Gasteiger partial charge in [0.25, 0.3) is 0 Å². The van der Waals surface area contributed by atoms with E-state index in [0.717, 1.165) is 19.0 Å². The average molecular weight is 321 g/mol. The number of carbonyl (C=O) groups excluding carboxylic acids is 1. The Bertz CT molecular complexity index is 501. The number of likely N-dealkylation sites (tertiary alicyclic amines) is 1. The van der Waals surface area contributed by atoms with Crippen LogP contribution in [0.25, 0.3) is 0 Å². The number of piperidine rings is 1. The third-order valence-corrected chi connectivity index (χ3v) is 4.64. The molecule has 1 aliphatic heterocycles. The summed E-state index contributed by atoms with van der Waals surface area (Å²) in [4.78, 5) is 14.3. The number of hydrogen-bond acceptors (Lipinski definition) is 2. The van der Waals surface area contributed by atoms with Crippen LogP contribution in [0.15, 0.2) is 24.3 Å². The van der Waals surface area contributed by atoms with Crippen molar-refractivity contribution in [3.63, 3.8) is 0 Å². The molecule has 0 bridgehead atoms. The Morgan fingerprint density at radius 2 is 2.00 bits per heavy atom. The smallest absolute Gasteiger partial charge is 0.314 e. The second-order valence-electron chi connectivity index (χ2n) is 6.55. The third kappa shape index (κ3) is 5.82. The van der Waals surface area contributed by atoms with Crippen LogP contribution in [0.4, 0.5) is 9.18 Å². The van der Waals surface area contributed by atoms with Crippen molar-refractivity contribution in [1.29, 1.82) is 0 Å². The molecule has 5 heteroatoms. The van der Waals surface area contributed by atoms with Crippen LogP contribution in [0.5, 0.6) is 0 Å². The van der Waals surface area contributed by atoms with Gasteiger partial charge >= 0.3 is 6.03 Å². The fourth-order valence-corrected chi connectivity index (χ4v) is 2.91. The molecule has 1 heterocycles. The molecular weight excluding hydrogens is 293 g/mol. The highest BCUT2D eigenvalue weighted by atomic mass is 19.1. The predicted molar refractivity (Wildman–Crippen MR) is 90.9 cm³/mol. The Morgan fingerprint density at radius 1 is 1.30 bits per heavy atom. The third-order valence-electron chi connectivity index (χ3n) is 4.64. The number of rotatable bonds is 6. The van der Waals surface area contributed by atoms with E-state index in [2.05, 4.69) is 29.4 Å². The topological polar surface area (TPSA) is 44.4 Å². The fraction of sp³-hybridized carbons (Fsp3) is 0.611. The van der Waals surface area contributed by atoms with Crippen LogP contribution >= 0.6 is 0 Å². The predicted octanol–water partition coefficient (Wildman–Crippen LogP) is 2.79. The summed E-state index contributed by atoms with van der Waals surface area (Å²) in [6.45, 7) is 7.74. The van der Waals surface area contributed by atoms with Crippen molar-refractivity contribution in [2.45, 2.75) is 39.2 Å². The molecule has 128 valence electrons. The summed E-state index contributed by atoms with van der Waals surface area (Å²) in [5, 5.41) is 5.69. The molecule has 0 saturated carbocycles. The highest BCUT2D eigenvalue weighted by Gasteiger charge is 2.20. The molecule has 1 atom stereocenters. The number of nitrogens with zero attached hydrogens (tertiary/aromatic N) is 1. The summed E-state index contributed by atoms with van der Waals surface area (Å²) in [6, 6.07) is 6.82. The van der Waals surface area contributed by atoms with E-state index in [1.807, 2.05) is 0 Å². The molecule has 1 saturated heterocycles. The highest BCUT2D eigenvalue weighted by molar-refractivity contribution is 5.73. The molecule has 1 aliphatic rings. The molecule has 1 aromatic carbocycles. The zero-order valence-corrected chi connectivity index (χ0v) is 14.1. The van der Waals surface area contributed by atoms with Gasteiger partial charge in [-0.15, -0.1) is 0 Å². The van der Waals surface area contributed by atoms with Gasteiger partial charge < -0.3 is 10.6 Å². The van der Waals surface area contributed by atoms with Crippen LogP contribution in [0.1, 0.15) is 32.3 Å². The monoisotopic (exact) mass is 321 g/mol. The van der Waals surface area contributed by atoms with Gasteiger partial charge in [-0.3, -0.25) is 4.90 Å². The van der Waals surface area contributed by atoms with E-state index in [9.17, 15) is 9.18 Å². The molecule has 1 aromatic rings. The highest BCUT2D eigenvalue weighted by Crippen LogP contribution is 2.17. The maximum absolute atomic E-state index is 13.5. The molecule has 1 fully saturated rings. The van der Waals surface area contributed by atoms with Gasteiger partial charge in [0.05, 0.1) is 0 Å². The van der Waals surface area contributed by atoms with E-state index in [1.165, 1.54) is 18.9 Å². The normalized spacial score (nSPS) is 17.7. The number of amides is 2. The summed E-state index contributed by atoms with van der Waals surface area (Å²) in [6.07, 6.45) is 2.97. The molecule has 0 spiro atoms. The maximum atomic E-state index is 13.5. The molecule has 4 nitrogen and oxygen atoms in total. The minimum absolute atomic E-state index is 0.182. The Balaban J connectivity index is 1.62. The standard InChI is InChI=1S/C18H28FN3O/c1-14-8-11-22(12-9-14)15(2)13-21-18(23)20-10-7-16-5-3-4-6-17(16)19/h3-6,14-15H,7-13H2,1-2H3,(H2,20,21,23). The first-order valence-electron chi connectivity index (χ1n) is 8.55. The van der Waals surface area contributed by atoms with Gasteiger partial charge in [0.15, 0.2) is 0 Å². The lowest BCUT2D eigenvalue weighted by Crippen LogP contribution is -2.47. The van der Waals surface area contributed by atoms with Gasteiger partial charge in [-0.1, -0.05) is 25.1 Å². The van der Waals surface area contributed by atoms with Crippen molar-refractivity contribution in [2.75, 3.05) is 26.2 Å². The Kier molecular flexibility index (Phi) is 6.84. The summed E-state index contributed by atoms with van der Waals surface area (Å²) in [5.74, 6) is 0.593. The number of nitrogens with one attached hydrogen (secondary N) is 2. The molecule has 0 aliphatic carbocycles. The molecule has 0 aromatic heterocycles. The molecule has 1 unspecified atom stereocenters. The number of halogens is 1. The minimum atomic E-state index is -0.220. The Hall–Kier alpha value is -1.62. The van der Waals surface area contributed by atoms with Crippen LogP contribution in [-0.2, 0) is 6.42 Å². The molecule has 23 heavy (non-hydrogen) atoms. The largest absolute Gasteiger partial charge is 0.338 e. The summed E-state index contributed by atoms with van der Waals surface area (Å²) < 4.78 is 13.5. The zero-order chi connectivity index (χ0) is 16.7. The molecule has 2 N–H and O–H groups in total. The minimum Gasteiger partial charge on any atom is -0.338 e. The summed E-state index contributed by atoms with van der Waals surface area (Å²) >= 11 is 0. The van der Waals surface area contributed by atoms with E-state index in [1.54, 1.807) is 18.2 Å². The Morgan fingerprint density at radius 3 is 2.70 bits per heavy atom. The van der Waals surface area contributed by atoms with Crippen molar-refractivity contribution >= 4 is 6.03 Å². The van der Waals surface area contributed by atoms with Crippen molar-refractivity contribution in [3.05, 3.63) is 35.6 Å². The number of benzene rings is 1. The lowest BCUT2D eigenvalue weighted by molar-refractivity contribution is 0.145. The van der Waals surface area contributed by atoms with Crippen LogP contribution in [0.2, 0.25) is 0 Å². The number of urea groups is 1. The lowest BCUT2D eigenvalue weighted by Gasteiger charge is -2.34. The van der Waals surface area contributed by atoms with Crippen LogP contribution < -0.4 is 10.6 Å². The van der Waals surface area contributed by atoms with Crippen molar-refractivity contribution in [3.8, 4) is 0 Å². The van der Waals surface area contributed by atoms with Crippen LogP contribution in [-0.4, -0.2) is 43.2 Å². The quantitative estimate of drug-likeness (QED) is 0.846. The van der Waals surface area contributed by atoms with E-state index in [0.29, 0.717) is 31.1 Å². The fourth-order valence-electron chi connectivity index (χ4n) is 2.91. The van der Waals surface area contributed by atoms with Gasteiger partial charge in [0, 0.05) is 19.1 Å². The average Bonchev–Trinajstić information content (AvgIpc) is 2.55. The summed E-state index contributed by atoms with van der Waals surface area (Å²) in [7, 11) is 0. The first kappa shape index (κ1) is 17.7. The van der Waals surface area contributed by atoms with E-state index < -0.39 is 0 Å². The first-order valence-corrected chi connectivity index (χ1v) is 8.55. The first-order chi connectivity index (χ1) is 11.1. The summed E-state index contributed by atoms with van der Waals surface area (Å²) in [5.41, 5.74) is 0.628. The number of hydrogen-bond donors (Lipinski definition) is 2. The van der Waals surface area contributed by atoms with Gasteiger partial charge in [-0.05, 0) is 56.8 Å². The lowest BCUT2D eigenvalue weighted by atomic mass is 9.98. The molecule has 0 radical (unpaired) electrons. The zero-order valence-electron chi connectivity index (χ0n) is 14.1. The van der Waals surface area contributed by atoms with Gasteiger partial charge in [-0.2, -0.15) is 0 Å². The van der Waals surface area contributed by atoms with Gasteiger partial charge in [-0.25, -0.2) is 9.18 Å². The van der Waals surface area contributed by atoms with E-state index >= 15 is 0 Å². The van der Waals surface area contributed by atoms with Crippen molar-refractivity contribution in [1.82, 2.24) is 15.5 Å². The van der Waals surface area contributed by atoms with Crippen molar-refractivity contribution < 1.29 is 9.18 Å². The number of carbonyl (C=O) groups is 1. The second-order valence-corrected chi connectivity index (χ2v) is 6.55. The van der Waals surface area contributed by atoms with Crippen molar-refractivity contribution in [2.24, 2.45) is 5.92 Å². The van der Waals surface area contributed by atoms with Crippen LogP contribution in [0, 0.1) is 11.7 Å². The van der Waals surface area contributed by atoms with Gasteiger partial charge in [0.1, 0.15) is 5.82 Å². The van der Waals surface area contributed by atoms with E-state index in [-0.39, 0.29) is 11.8 Å². The second kappa shape index (κ2) is 8.87. The van der Waals surface area contributed by atoms with Crippen LogP contribution in [0.3, 0.4) is 0 Å². The SMILES string of the molecule is CC1CCN(C(C)CNC(=O)NCCc2ccccc2F)CC1.